The molecule has 2 heterocycles. The van der Waals surface area contributed by atoms with Crippen molar-refractivity contribution >= 4 is 23.5 Å². The zero-order valence-corrected chi connectivity index (χ0v) is 11.1. The van der Waals surface area contributed by atoms with Crippen LogP contribution in [0.5, 0.6) is 0 Å². The molecule has 0 radical (unpaired) electrons. The third kappa shape index (κ3) is 2.32. The summed E-state index contributed by atoms with van der Waals surface area (Å²) in [6.45, 7) is 1.52. The number of anilines is 1. The quantitative estimate of drug-likeness (QED) is 0.797. The van der Waals surface area contributed by atoms with Crippen LogP contribution >= 0.6 is 11.6 Å². The summed E-state index contributed by atoms with van der Waals surface area (Å²) < 4.78 is 2.33. The van der Waals surface area contributed by atoms with Crippen molar-refractivity contribution in [3.8, 4) is 0 Å². The SMILES string of the molecule is Cc1c(Cl)c(C(=O)Nc2nnnn2C)nn(C)c1=O. The topological polar surface area (TPSA) is 108 Å². The number of hydrogen-bond donors (Lipinski definition) is 1. The standard InChI is InChI=1S/C9H10ClN7O2/c1-4-5(10)6(13-16(2)8(4)19)7(18)11-9-12-14-15-17(9)3/h1-3H3,(H,11,12,15,18). The van der Waals surface area contributed by atoms with Gasteiger partial charge in [0, 0.05) is 19.7 Å². The third-order valence-electron chi connectivity index (χ3n) is 2.46. The van der Waals surface area contributed by atoms with E-state index in [1.54, 1.807) is 7.05 Å². The van der Waals surface area contributed by atoms with Crippen LogP contribution in [0, 0.1) is 6.92 Å². The summed E-state index contributed by atoms with van der Waals surface area (Å²) in [6.07, 6.45) is 0. The Morgan fingerprint density at radius 3 is 2.58 bits per heavy atom. The van der Waals surface area contributed by atoms with Gasteiger partial charge in [0.1, 0.15) is 0 Å². The molecule has 19 heavy (non-hydrogen) atoms. The van der Waals surface area contributed by atoms with E-state index >= 15 is 0 Å². The van der Waals surface area contributed by atoms with Gasteiger partial charge < -0.3 is 0 Å². The lowest BCUT2D eigenvalue weighted by Gasteiger charge is -2.07. The molecule has 0 unspecified atom stereocenters. The molecule has 9 nitrogen and oxygen atoms in total. The van der Waals surface area contributed by atoms with Gasteiger partial charge in [0.15, 0.2) is 5.69 Å². The van der Waals surface area contributed by atoms with Gasteiger partial charge in [-0.2, -0.15) is 5.10 Å². The van der Waals surface area contributed by atoms with Crippen molar-refractivity contribution in [2.75, 3.05) is 5.32 Å². The fourth-order valence-corrected chi connectivity index (χ4v) is 1.60. The number of halogens is 1. The Bertz CT molecular complexity index is 705. The molecule has 0 bridgehead atoms. The van der Waals surface area contributed by atoms with E-state index in [-0.39, 0.29) is 27.8 Å². The van der Waals surface area contributed by atoms with E-state index in [1.165, 1.54) is 18.7 Å². The Labute approximate surface area is 112 Å². The monoisotopic (exact) mass is 283 g/mol. The van der Waals surface area contributed by atoms with Crippen LogP contribution in [-0.2, 0) is 14.1 Å². The Morgan fingerprint density at radius 1 is 1.32 bits per heavy atom. The number of rotatable bonds is 2. The van der Waals surface area contributed by atoms with Gasteiger partial charge >= 0.3 is 0 Å². The average Bonchev–Trinajstić information content (AvgIpc) is 2.77. The van der Waals surface area contributed by atoms with Gasteiger partial charge in [-0.15, -0.1) is 0 Å². The van der Waals surface area contributed by atoms with E-state index in [1.807, 2.05) is 0 Å². The molecule has 0 saturated heterocycles. The number of nitrogens with one attached hydrogen (secondary N) is 1. The minimum Gasteiger partial charge on any atom is -0.288 e. The zero-order chi connectivity index (χ0) is 14.2. The fraction of sp³-hybridized carbons (Fsp3) is 0.333. The van der Waals surface area contributed by atoms with Gasteiger partial charge in [-0.3, -0.25) is 14.9 Å². The molecule has 100 valence electrons. The van der Waals surface area contributed by atoms with E-state index in [0.29, 0.717) is 0 Å². The van der Waals surface area contributed by atoms with Gasteiger partial charge in [0.05, 0.1) is 5.02 Å². The molecule has 10 heteroatoms. The summed E-state index contributed by atoms with van der Waals surface area (Å²) >= 11 is 5.95. The highest BCUT2D eigenvalue weighted by atomic mass is 35.5. The van der Waals surface area contributed by atoms with Gasteiger partial charge in [-0.05, 0) is 17.4 Å². The van der Waals surface area contributed by atoms with Crippen LogP contribution in [0.3, 0.4) is 0 Å². The lowest BCUT2D eigenvalue weighted by atomic mass is 10.2. The molecular weight excluding hydrogens is 274 g/mol. The van der Waals surface area contributed by atoms with Gasteiger partial charge in [-0.1, -0.05) is 16.7 Å². The second-order valence-electron chi connectivity index (χ2n) is 3.80. The molecule has 0 aromatic carbocycles. The second kappa shape index (κ2) is 4.76. The number of aromatic nitrogens is 6. The maximum atomic E-state index is 12.0. The summed E-state index contributed by atoms with van der Waals surface area (Å²) in [5, 5.41) is 16.8. The minimum atomic E-state index is -0.596. The molecule has 2 aromatic heterocycles. The summed E-state index contributed by atoms with van der Waals surface area (Å²) in [4.78, 5) is 23.6. The number of tetrazole rings is 1. The van der Waals surface area contributed by atoms with Crippen molar-refractivity contribution < 1.29 is 4.79 Å². The van der Waals surface area contributed by atoms with E-state index in [2.05, 4.69) is 25.9 Å². The van der Waals surface area contributed by atoms with E-state index < -0.39 is 5.91 Å². The summed E-state index contributed by atoms with van der Waals surface area (Å²) in [5.41, 5.74) is -0.174. The molecule has 0 aliphatic rings. The molecule has 1 amide bonds. The lowest BCUT2D eigenvalue weighted by molar-refractivity contribution is 0.101. The molecule has 0 aliphatic heterocycles. The highest BCUT2D eigenvalue weighted by Gasteiger charge is 2.19. The Hall–Kier alpha value is -2.29. The number of aryl methyl sites for hydroxylation is 2. The number of nitrogens with zero attached hydrogens (tertiary/aromatic N) is 6. The third-order valence-corrected chi connectivity index (χ3v) is 2.92. The number of carbonyl (C=O) groups is 1. The molecule has 0 aliphatic carbocycles. The first-order valence-corrected chi connectivity index (χ1v) is 5.56. The van der Waals surface area contributed by atoms with Crippen molar-refractivity contribution in [1.82, 2.24) is 30.0 Å². The lowest BCUT2D eigenvalue weighted by Crippen LogP contribution is -2.27. The summed E-state index contributed by atoms with van der Waals surface area (Å²) in [7, 11) is 3.00. The first-order chi connectivity index (χ1) is 8.91. The van der Waals surface area contributed by atoms with Crippen molar-refractivity contribution in [3.63, 3.8) is 0 Å². The van der Waals surface area contributed by atoms with Crippen LogP contribution < -0.4 is 10.9 Å². The maximum absolute atomic E-state index is 12.0. The Kier molecular flexibility index (Phi) is 3.30. The predicted octanol–water partition coefficient (Wildman–Crippen LogP) is -0.482. The molecular formula is C9H10ClN7O2. The number of hydrogen-bond acceptors (Lipinski definition) is 6. The van der Waals surface area contributed by atoms with Crippen molar-refractivity contribution in [1.29, 1.82) is 0 Å². The molecule has 0 spiro atoms. The number of carbonyl (C=O) groups excluding carboxylic acids is 1. The van der Waals surface area contributed by atoms with Crippen LogP contribution in [0.15, 0.2) is 4.79 Å². The van der Waals surface area contributed by atoms with Crippen LogP contribution in [0.4, 0.5) is 5.95 Å². The van der Waals surface area contributed by atoms with E-state index in [9.17, 15) is 9.59 Å². The average molecular weight is 284 g/mol. The minimum absolute atomic E-state index is 0.00993. The van der Waals surface area contributed by atoms with Crippen molar-refractivity contribution in [3.05, 3.63) is 26.6 Å². The first-order valence-electron chi connectivity index (χ1n) is 5.19. The van der Waals surface area contributed by atoms with Gasteiger partial charge in [0.25, 0.3) is 11.5 Å². The van der Waals surface area contributed by atoms with E-state index in [4.69, 9.17) is 11.6 Å². The largest absolute Gasteiger partial charge is 0.288 e. The van der Waals surface area contributed by atoms with Crippen molar-refractivity contribution in [2.45, 2.75) is 6.92 Å². The highest BCUT2D eigenvalue weighted by Crippen LogP contribution is 2.16. The smallest absolute Gasteiger partial charge is 0.280 e. The molecule has 1 N–H and O–H groups in total. The van der Waals surface area contributed by atoms with Crippen molar-refractivity contribution in [2.24, 2.45) is 14.1 Å². The molecule has 0 atom stereocenters. The normalized spacial score (nSPS) is 10.5. The van der Waals surface area contributed by atoms with Gasteiger partial charge in [0.2, 0.25) is 5.95 Å². The Balaban J connectivity index is 2.40. The highest BCUT2D eigenvalue weighted by molar-refractivity contribution is 6.34. The molecule has 0 saturated carbocycles. The Morgan fingerprint density at radius 2 is 2.00 bits per heavy atom. The van der Waals surface area contributed by atoms with Crippen LogP contribution in [0.25, 0.3) is 0 Å². The van der Waals surface area contributed by atoms with Crippen LogP contribution in [0.1, 0.15) is 16.1 Å². The first kappa shape index (κ1) is 13.1. The molecule has 0 fully saturated rings. The van der Waals surface area contributed by atoms with Gasteiger partial charge in [-0.25, -0.2) is 9.36 Å². The molecule has 2 aromatic rings. The second-order valence-corrected chi connectivity index (χ2v) is 4.17. The summed E-state index contributed by atoms with van der Waals surface area (Å²) in [5.74, 6) is -0.448. The van der Waals surface area contributed by atoms with E-state index in [0.717, 1.165) is 4.68 Å². The summed E-state index contributed by atoms with van der Waals surface area (Å²) in [6, 6.07) is 0. The molecule has 2 rings (SSSR count). The van der Waals surface area contributed by atoms with Crippen LogP contribution in [0.2, 0.25) is 5.02 Å². The predicted molar refractivity (Wildman–Crippen MR) is 66.0 cm³/mol. The number of amides is 1. The maximum Gasteiger partial charge on any atom is 0.280 e. The zero-order valence-electron chi connectivity index (χ0n) is 10.4. The van der Waals surface area contributed by atoms with Crippen LogP contribution in [-0.4, -0.2) is 35.9 Å². The fourth-order valence-electron chi connectivity index (χ4n) is 1.39.